The second kappa shape index (κ2) is 5.25. The largest absolute Gasteiger partial charge is 0.337 e. The molecule has 0 radical (unpaired) electrons. The maximum Gasteiger partial charge on any atom is 0.317 e. The highest BCUT2D eigenvalue weighted by Crippen LogP contribution is 2.23. The second-order valence-electron chi connectivity index (χ2n) is 6.09. The summed E-state index contributed by atoms with van der Waals surface area (Å²) in [5.41, 5.74) is 0.247. The maximum absolute atomic E-state index is 12.0. The molecule has 0 spiro atoms. The highest BCUT2D eigenvalue weighted by atomic mass is 16.2. The Kier molecular flexibility index (Phi) is 3.92. The van der Waals surface area contributed by atoms with E-state index in [0.29, 0.717) is 5.92 Å². The molecule has 2 fully saturated rings. The summed E-state index contributed by atoms with van der Waals surface area (Å²) in [6.45, 7) is 9.19. The van der Waals surface area contributed by atoms with Crippen LogP contribution in [0.1, 0.15) is 33.1 Å². The lowest BCUT2D eigenvalue weighted by Gasteiger charge is -2.32. The van der Waals surface area contributed by atoms with Gasteiger partial charge in [-0.25, -0.2) is 4.79 Å². The van der Waals surface area contributed by atoms with Crippen LogP contribution in [0.25, 0.3) is 0 Å². The quantitative estimate of drug-likeness (QED) is 0.765. The number of carbonyl (C=O) groups is 1. The van der Waals surface area contributed by atoms with Gasteiger partial charge in [0.15, 0.2) is 0 Å². The van der Waals surface area contributed by atoms with E-state index in [2.05, 4.69) is 24.5 Å². The third-order valence-corrected chi connectivity index (χ3v) is 4.07. The van der Waals surface area contributed by atoms with Gasteiger partial charge in [-0.05, 0) is 37.1 Å². The minimum absolute atomic E-state index is 0.129. The Morgan fingerprint density at radius 2 is 2.41 bits per heavy atom. The molecule has 2 atom stereocenters. The number of hydrogen-bond acceptors (Lipinski definition) is 2. The second-order valence-corrected chi connectivity index (χ2v) is 6.09. The fourth-order valence-corrected chi connectivity index (χ4v) is 2.79. The van der Waals surface area contributed by atoms with Gasteiger partial charge >= 0.3 is 6.03 Å². The van der Waals surface area contributed by atoms with E-state index in [1.807, 2.05) is 4.90 Å². The van der Waals surface area contributed by atoms with E-state index in [4.69, 9.17) is 0 Å². The number of amides is 2. The van der Waals surface area contributed by atoms with Crippen molar-refractivity contribution in [1.29, 1.82) is 0 Å². The van der Waals surface area contributed by atoms with Crippen molar-refractivity contribution >= 4 is 6.03 Å². The summed E-state index contributed by atoms with van der Waals surface area (Å²) < 4.78 is 0. The van der Waals surface area contributed by atoms with Crippen LogP contribution in [0, 0.1) is 11.3 Å². The molecule has 17 heavy (non-hydrogen) atoms. The fraction of sp³-hybridized carbons (Fsp3) is 0.923. The normalized spacial score (nSPS) is 33.8. The van der Waals surface area contributed by atoms with Gasteiger partial charge in [0.1, 0.15) is 0 Å². The molecule has 2 aliphatic heterocycles. The van der Waals surface area contributed by atoms with Crippen LogP contribution in [0.2, 0.25) is 0 Å². The number of nitrogens with one attached hydrogen (secondary N) is 2. The van der Waals surface area contributed by atoms with Gasteiger partial charge in [0, 0.05) is 26.2 Å². The Hall–Kier alpha value is -0.770. The Balaban J connectivity index is 1.76. The van der Waals surface area contributed by atoms with Gasteiger partial charge in [0.25, 0.3) is 0 Å². The highest BCUT2D eigenvalue weighted by molar-refractivity contribution is 5.74. The molecular formula is C13H25N3O. The highest BCUT2D eigenvalue weighted by Gasteiger charge is 2.30. The number of urea groups is 1. The number of nitrogens with zero attached hydrogens (tertiary/aromatic N) is 1. The zero-order chi connectivity index (χ0) is 12.3. The monoisotopic (exact) mass is 239 g/mol. The van der Waals surface area contributed by atoms with E-state index in [-0.39, 0.29) is 11.4 Å². The van der Waals surface area contributed by atoms with Crippen LogP contribution < -0.4 is 10.6 Å². The zero-order valence-corrected chi connectivity index (χ0v) is 11.1. The first kappa shape index (κ1) is 12.7. The standard InChI is InChI=1S/C13H25N3O/c1-11-4-3-7-16(8-11)12(17)15-10-13(2)5-6-14-9-13/h11,14H,3-10H2,1-2H3,(H,15,17). The van der Waals surface area contributed by atoms with E-state index in [1.165, 1.54) is 6.42 Å². The number of rotatable bonds is 2. The lowest BCUT2D eigenvalue weighted by Crippen LogP contribution is -2.48. The van der Waals surface area contributed by atoms with Gasteiger partial charge in [-0.15, -0.1) is 0 Å². The topological polar surface area (TPSA) is 44.4 Å². The molecule has 2 amide bonds. The van der Waals surface area contributed by atoms with Crippen molar-refractivity contribution in [3.8, 4) is 0 Å². The molecule has 2 aliphatic rings. The molecular weight excluding hydrogens is 214 g/mol. The van der Waals surface area contributed by atoms with Crippen molar-refractivity contribution in [2.24, 2.45) is 11.3 Å². The third kappa shape index (κ3) is 3.35. The van der Waals surface area contributed by atoms with E-state index in [9.17, 15) is 4.79 Å². The van der Waals surface area contributed by atoms with Crippen LogP contribution in [0.5, 0.6) is 0 Å². The average Bonchev–Trinajstić information content (AvgIpc) is 2.74. The van der Waals surface area contributed by atoms with Crippen LogP contribution in [0.3, 0.4) is 0 Å². The summed E-state index contributed by atoms with van der Waals surface area (Å²) in [5.74, 6) is 0.651. The molecule has 4 nitrogen and oxygen atoms in total. The van der Waals surface area contributed by atoms with Crippen molar-refractivity contribution in [2.75, 3.05) is 32.7 Å². The average molecular weight is 239 g/mol. The summed E-state index contributed by atoms with van der Waals surface area (Å²) in [6.07, 6.45) is 3.56. The Morgan fingerprint density at radius 3 is 3.06 bits per heavy atom. The zero-order valence-electron chi connectivity index (χ0n) is 11.1. The molecule has 0 aliphatic carbocycles. The van der Waals surface area contributed by atoms with E-state index in [0.717, 1.165) is 45.6 Å². The van der Waals surface area contributed by atoms with Gasteiger partial charge in [-0.2, -0.15) is 0 Å². The van der Waals surface area contributed by atoms with Gasteiger partial charge in [0.05, 0.1) is 0 Å². The Labute approximate surface area is 104 Å². The van der Waals surface area contributed by atoms with Gasteiger partial charge < -0.3 is 15.5 Å². The molecule has 0 aromatic carbocycles. The first-order valence-corrected chi connectivity index (χ1v) is 6.83. The van der Waals surface area contributed by atoms with Gasteiger partial charge in [-0.1, -0.05) is 13.8 Å². The molecule has 2 rings (SSSR count). The molecule has 0 saturated carbocycles. The Morgan fingerprint density at radius 1 is 1.59 bits per heavy atom. The molecule has 2 N–H and O–H groups in total. The summed E-state index contributed by atoms with van der Waals surface area (Å²) in [4.78, 5) is 14.0. The van der Waals surface area contributed by atoms with Crippen molar-refractivity contribution in [3.63, 3.8) is 0 Å². The number of hydrogen-bond donors (Lipinski definition) is 2. The first-order valence-electron chi connectivity index (χ1n) is 6.83. The van der Waals surface area contributed by atoms with E-state index in [1.54, 1.807) is 0 Å². The van der Waals surface area contributed by atoms with E-state index < -0.39 is 0 Å². The van der Waals surface area contributed by atoms with Crippen LogP contribution >= 0.6 is 0 Å². The first-order chi connectivity index (χ1) is 8.09. The van der Waals surface area contributed by atoms with Crippen molar-refractivity contribution in [2.45, 2.75) is 33.1 Å². The molecule has 2 heterocycles. The molecule has 0 bridgehead atoms. The maximum atomic E-state index is 12.0. The smallest absolute Gasteiger partial charge is 0.317 e. The summed E-state index contributed by atoms with van der Waals surface area (Å²) in [7, 11) is 0. The molecule has 4 heteroatoms. The molecule has 0 aromatic heterocycles. The summed E-state index contributed by atoms with van der Waals surface area (Å²) in [6, 6.07) is 0.129. The van der Waals surface area contributed by atoms with Crippen LogP contribution in [-0.4, -0.2) is 43.7 Å². The minimum Gasteiger partial charge on any atom is -0.337 e. The molecule has 0 aromatic rings. The fourth-order valence-electron chi connectivity index (χ4n) is 2.79. The van der Waals surface area contributed by atoms with Crippen LogP contribution in [-0.2, 0) is 0 Å². The van der Waals surface area contributed by atoms with Gasteiger partial charge in [0.2, 0.25) is 0 Å². The molecule has 2 saturated heterocycles. The number of likely N-dealkylation sites (tertiary alicyclic amines) is 1. The van der Waals surface area contributed by atoms with Gasteiger partial charge in [-0.3, -0.25) is 0 Å². The van der Waals surface area contributed by atoms with Crippen molar-refractivity contribution in [1.82, 2.24) is 15.5 Å². The molecule has 2 unspecified atom stereocenters. The summed E-state index contributed by atoms with van der Waals surface area (Å²) >= 11 is 0. The molecule has 98 valence electrons. The lowest BCUT2D eigenvalue weighted by atomic mass is 9.90. The predicted molar refractivity (Wildman–Crippen MR) is 69.0 cm³/mol. The minimum atomic E-state index is 0.129. The van der Waals surface area contributed by atoms with Crippen molar-refractivity contribution < 1.29 is 4.79 Å². The Bertz CT molecular complexity index is 274. The van der Waals surface area contributed by atoms with Crippen molar-refractivity contribution in [3.05, 3.63) is 0 Å². The lowest BCUT2D eigenvalue weighted by molar-refractivity contribution is 0.165. The third-order valence-electron chi connectivity index (χ3n) is 4.07. The number of piperidine rings is 1. The van der Waals surface area contributed by atoms with E-state index >= 15 is 0 Å². The predicted octanol–water partition coefficient (Wildman–Crippen LogP) is 1.43. The SMILES string of the molecule is CC1CCCN(C(=O)NCC2(C)CCNC2)C1. The number of carbonyl (C=O) groups excluding carboxylic acids is 1. The van der Waals surface area contributed by atoms with Crippen LogP contribution in [0.4, 0.5) is 4.79 Å². The van der Waals surface area contributed by atoms with Crippen LogP contribution in [0.15, 0.2) is 0 Å². The summed E-state index contributed by atoms with van der Waals surface area (Å²) in [5, 5.41) is 6.46.